The van der Waals surface area contributed by atoms with Crippen molar-refractivity contribution in [2.45, 2.75) is 12.5 Å². The number of hydrogen-bond donors (Lipinski definition) is 2. The highest BCUT2D eigenvalue weighted by atomic mass is 79.9. The van der Waals surface area contributed by atoms with Gasteiger partial charge in [-0.05, 0) is 28.8 Å². The number of carbonyl (C=O) groups is 1. The number of carboxylic acid groups (broad SMARTS) is 1. The summed E-state index contributed by atoms with van der Waals surface area (Å²) < 4.78 is 13.7. The number of benzene rings is 1. The molecule has 0 spiro atoms. The first-order valence-electron chi connectivity index (χ1n) is 4.60. The summed E-state index contributed by atoms with van der Waals surface area (Å²) in [7, 11) is 0. The van der Waals surface area contributed by atoms with Gasteiger partial charge in [0.1, 0.15) is 5.82 Å². The summed E-state index contributed by atoms with van der Waals surface area (Å²) in [6.45, 7) is 0. The fourth-order valence-electron chi connectivity index (χ4n) is 1.86. The molecule has 0 saturated heterocycles. The summed E-state index contributed by atoms with van der Waals surface area (Å²) in [5.74, 6) is -1.61. The van der Waals surface area contributed by atoms with Crippen LogP contribution in [0.25, 0.3) is 5.57 Å². The smallest absolute Gasteiger partial charge is 0.328 e. The van der Waals surface area contributed by atoms with Gasteiger partial charge in [0.05, 0.1) is 6.10 Å². The summed E-state index contributed by atoms with van der Waals surface area (Å²) in [5.41, 5.74) is 1.45. The van der Waals surface area contributed by atoms with Crippen LogP contribution >= 0.6 is 15.9 Å². The molecule has 1 aromatic rings. The van der Waals surface area contributed by atoms with E-state index in [0.717, 1.165) is 11.6 Å². The Morgan fingerprint density at radius 3 is 2.88 bits per heavy atom. The van der Waals surface area contributed by atoms with Gasteiger partial charge < -0.3 is 10.2 Å². The normalized spacial score (nSPS) is 21.2. The second-order valence-electron chi connectivity index (χ2n) is 3.57. The van der Waals surface area contributed by atoms with Crippen LogP contribution in [0.3, 0.4) is 0 Å². The lowest BCUT2D eigenvalue weighted by Crippen LogP contribution is -2.05. The Labute approximate surface area is 99.3 Å². The Balaban J connectivity index is 2.61. The van der Waals surface area contributed by atoms with Gasteiger partial charge in [-0.2, -0.15) is 0 Å². The van der Waals surface area contributed by atoms with Crippen molar-refractivity contribution >= 4 is 27.5 Å². The molecule has 84 valence electrons. The highest BCUT2D eigenvalue weighted by Gasteiger charge is 2.28. The second-order valence-corrected chi connectivity index (χ2v) is 4.43. The van der Waals surface area contributed by atoms with Crippen LogP contribution in [0.15, 0.2) is 22.7 Å². The number of fused-ring (bicyclic) bond motifs is 1. The molecule has 3 nitrogen and oxygen atoms in total. The highest BCUT2D eigenvalue weighted by molar-refractivity contribution is 9.10. The van der Waals surface area contributed by atoms with E-state index in [4.69, 9.17) is 5.11 Å². The third-order valence-electron chi connectivity index (χ3n) is 2.51. The maximum absolute atomic E-state index is 13.2. The minimum atomic E-state index is -1.15. The Kier molecular flexibility index (Phi) is 2.82. The van der Waals surface area contributed by atoms with Gasteiger partial charge in [0.25, 0.3) is 0 Å². The van der Waals surface area contributed by atoms with Crippen LogP contribution in [-0.2, 0) is 11.2 Å². The van der Waals surface area contributed by atoms with Gasteiger partial charge in [-0.15, -0.1) is 0 Å². The molecule has 0 radical (unpaired) electrons. The van der Waals surface area contributed by atoms with E-state index < -0.39 is 17.9 Å². The number of hydrogen-bond acceptors (Lipinski definition) is 2. The van der Waals surface area contributed by atoms with E-state index in [1.165, 1.54) is 12.1 Å². The number of rotatable bonds is 1. The molecule has 0 aromatic heterocycles. The number of aliphatic hydroxyl groups excluding tert-OH is 1. The van der Waals surface area contributed by atoms with Crippen LogP contribution in [-0.4, -0.2) is 22.3 Å². The molecule has 1 aliphatic carbocycles. The van der Waals surface area contributed by atoms with Crippen molar-refractivity contribution < 1.29 is 19.4 Å². The van der Waals surface area contributed by atoms with E-state index in [1.807, 2.05) is 0 Å². The Hall–Kier alpha value is -1.20. The second kappa shape index (κ2) is 3.99. The minimum Gasteiger partial charge on any atom is -0.478 e. The molecule has 0 saturated carbocycles. The van der Waals surface area contributed by atoms with Crippen LogP contribution < -0.4 is 0 Å². The fraction of sp³-hybridized carbons (Fsp3) is 0.182. The molecule has 1 aromatic carbocycles. The molecular formula is C11H8BrFO3. The van der Waals surface area contributed by atoms with E-state index >= 15 is 0 Å². The predicted molar refractivity (Wildman–Crippen MR) is 59.4 cm³/mol. The summed E-state index contributed by atoms with van der Waals surface area (Å²) in [4.78, 5) is 10.6. The van der Waals surface area contributed by atoms with Crippen molar-refractivity contribution in [1.29, 1.82) is 0 Å². The van der Waals surface area contributed by atoms with Gasteiger partial charge in [0.15, 0.2) is 0 Å². The van der Waals surface area contributed by atoms with E-state index in [1.54, 1.807) is 0 Å². The maximum atomic E-state index is 13.2. The maximum Gasteiger partial charge on any atom is 0.328 e. The van der Waals surface area contributed by atoms with Crippen LogP contribution in [0.4, 0.5) is 4.39 Å². The van der Waals surface area contributed by atoms with Crippen molar-refractivity contribution in [3.05, 3.63) is 39.6 Å². The lowest BCUT2D eigenvalue weighted by Gasteiger charge is -2.03. The zero-order chi connectivity index (χ0) is 11.9. The fourth-order valence-corrected chi connectivity index (χ4v) is 2.45. The molecular weight excluding hydrogens is 279 g/mol. The quantitative estimate of drug-likeness (QED) is 0.776. The zero-order valence-corrected chi connectivity index (χ0v) is 9.66. The van der Waals surface area contributed by atoms with Crippen LogP contribution in [0.2, 0.25) is 0 Å². The zero-order valence-electron chi connectivity index (χ0n) is 8.08. The average molecular weight is 287 g/mol. The average Bonchev–Trinajstić information content (AvgIpc) is 2.45. The molecule has 2 rings (SSSR count). The Morgan fingerprint density at radius 1 is 1.56 bits per heavy atom. The van der Waals surface area contributed by atoms with Gasteiger partial charge in [-0.25, -0.2) is 9.18 Å². The molecule has 1 atom stereocenters. The van der Waals surface area contributed by atoms with E-state index in [0.29, 0.717) is 16.5 Å². The van der Waals surface area contributed by atoms with Crippen molar-refractivity contribution in [2.75, 3.05) is 0 Å². The third kappa shape index (κ3) is 1.88. The topological polar surface area (TPSA) is 57.5 Å². The summed E-state index contributed by atoms with van der Waals surface area (Å²) in [6.07, 6.45) is 0.335. The molecule has 16 heavy (non-hydrogen) atoms. The molecule has 1 unspecified atom stereocenters. The number of halogens is 2. The van der Waals surface area contributed by atoms with E-state index in [9.17, 15) is 14.3 Å². The van der Waals surface area contributed by atoms with Gasteiger partial charge in [0.2, 0.25) is 0 Å². The van der Waals surface area contributed by atoms with Gasteiger partial charge in [-0.1, -0.05) is 15.9 Å². The van der Waals surface area contributed by atoms with Crippen molar-refractivity contribution in [3.63, 3.8) is 0 Å². The first kappa shape index (κ1) is 11.3. The highest BCUT2D eigenvalue weighted by Crippen LogP contribution is 2.37. The van der Waals surface area contributed by atoms with E-state index in [2.05, 4.69) is 15.9 Å². The van der Waals surface area contributed by atoms with E-state index in [-0.39, 0.29) is 5.57 Å². The third-order valence-corrected chi connectivity index (χ3v) is 3.21. The standard InChI is InChI=1S/C11H8BrFO3/c12-9-2-5(13)1-6-7(9)3-10(14)8(6)4-11(15)16/h1-2,4,10,14H,3H2,(H,15,16)/b8-4+. The van der Waals surface area contributed by atoms with Crippen molar-refractivity contribution in [2.24, 2.45) is 0 Å². The molecule has 0 amide bonds. The van der Waals surface area contributed by atoms with Crippen molar-refractivity contribution in [3.8, 4) is 0 Å². The summed E-state index contributed by atoms with van der Waals surface area (Å²) in [6, 6.07) is 2.54. The number of aliphatic hydroxyl groups is 1. The lowest BCUT2D eigenvalue weighted by atomic mass is 10.1. The summed E-state index contributed by atoms with van der Waals surface area (Å²) >= 11 is 3.19. The lowest BCUT2D eigenvalue weighted by molar-refractivity contribution is -0.131. The molecule has 0 fully saturated rings. The van der Waals surface area contributed by atoms with Crippen LogP contribution in [0.5, 0.6) is 0 Å². The van der Waals surface area contributed by atoms with Gasteiger partial charge in [0, 0.05) is 17.0 Å². The van der Waals surface area contributed by atoms with Crippen LogP contribution in [0.1, 0.15) is 11.1 Å². The first-order valence-corrected chi connectivity index (χ1v) is 5.39. The largest absolute Gasteiger partial charge is 0.478 e. The molecule has 0 heterocycles. The van der Waals surface area contributed by atoms with Gasteiger partial charge in [-0.3, -0.25) is 0 Å². The SMILES string of the molecule is O=C(O)/C=C1\c2cc(F)cc(Br)c2CC1O. The number of carboxylic acids is 1. The number of aliphatic carboxylic acids is 1. The van der Waals surface area contributed by atoms with Gasteiger partial charge >= 0.3 is 5.97 Å². The molecule has 0 aliphatic heterocycles. The summed E-state index contributed by atoms with van der Waals surface area (Å²) in [5, 5.41) is 18.4. The Bertz CT molecular complexity index is 496. The molecule has 5 heteroatoms. The minimum absolute atomic E-state index is 0.253. The Morgan fingerprint density at radius 2 is 2.25 bits per heavy atom. The molecule has 2 N–H and O–H groups in total. The van der Waals surface area contributed by atoms with Crippen LogP contribution in [0, 0.1) is 5.82 Å². The van der Waals surface area contributed by atoms with Crippen molar-refractivity contribution in [1.82, 2.24) is 0 Å². The predicted octanol–water partition coefficient (Wildman–Crippen LogP) is 1.97. The molecule has 0 bridgehead atoms. The monoisotopic (exact) mass is 286 g/mol. The first-order chi connectivity index (χ1) is 7.49. The molecule has 1 aliphatic rings.